The summed E-state index contributed by atoms with van der Waals surface area (Å²) in [6, 6.07) is -0.409. The molecule has 7 heteroatoms. The van der Waals surface area contributed by atoms with Gasteiger partial charge in [-0.3, -0.25) is 19.2 Å². The molecule has 0 saturated heterocycles. The summed E-state index contributed by atoms with van der Waals surface area (Å²) in [5.41, 5.74) is 2.42. The average Bonchev–Trinajstić information content (AvgIpc) is 2.64. The van der Waals surface area contributed by atoms with Crippen LogP contribution in [0.25, 0.3) is 0 Å². The van der Waals surface area contributed by atoms with Gasteiger partial charge in [0.25, 0.3) is 0 Å². The van der Waals surface area contributed by atoms with Gasteiger partial charge in [0.05, 0.1) is 29.7 Å². The molecule has 1 unspecified atom stereocenters. The van der Waals surface area contributed by atoms with Crippen molar-refractivity contribution in [3.05, 3.63) is 11.4 Å². The largest absolute Gasteiger partial charge is 0.348 e. The van der Waals surface area contributed by atoms with E-state index >= 15 is 0 Å². The monoisotopic (exact) mass is 295 g/mol. The molecule has 0 fully saturated rings. The van der Waals surface area contributed by atoms with Gasteiger partial charge in [-0.2, -0.15) is 5.10 Å². The van der Waals surface area contributed by atoms with Crippen LogP contribution in [0.1, 0.15) is 18.3 Å². The molecule has 1 aromatic heterocycles. The second-order valence-corrected chi connectivity index (χ2v) is 5.54. The molecular formula is C14H25N5O2. The van der Waals surface area contributed by atoms with Crippen molar-refractivity contribution >= 4 is 17.5 Å². The van der Waals surface area contributed by atoms with Crippen LogP contribution < -0.4 is 5.32 Å². The predicted octanol–water partition coefficient (Wildman–Crippen LogP) is 0.384. The Morgan fingerprint density at radius 3 is 2.29 bits per heavy atom. The van der Waals surface area contributed by atoms with Crippen LogP contribution in [-0.2, 0) is 16.6 Å². The maximum atomic E-state index is 12.3. The molecule has 0 aliphatic rings. The van der Waals surface area contributed by atoms with Gasteiger partial charge in [-0.05, 0) is 27.8 Å². The zero-order valence-corrected chi connectivity index (χ0v) is 13.9. The minimum Gasteiger partial charge on any atom is -0.348 e. The number of nitrogens with one attached hydrogen (secondary N) is 1. The second-order valence-electron chi connectivity index (χ2n) is 5.54. The molecule has 21 heavy (non-hydrogen) atoms. The summed E-state index contributed by atoms with van der Waals surface area (Å²) in [5, 5.41) is 7.16. The average molecular weight is 295 g/mol. The van der Waals surface area contributed by atoms with E-state index in [9.17, 15) is 9.59 Å². The maximum Gasteiger partial charge on any atom is 0.241 e. The van der Waals surface area contributed by atoms with Gasteiger partial charge in [0, 0.05) is 21.1 Å². The molecule has 0 aliphatic carbocycles. The lowest BCUT2D eigenvalue weighted by molar-refractivity contribution is -0.131. The Bertz CT molecular complexity index is 536. The van der Waals surface area contributed by atoms with Crippen molar-refractivity contribution in [2.45, 2.75) is 26.8 Å². The van der Waals surface area contributed by atoms with E-state index in [4.69, 9.17) is 0 Å². The molecule has 0 spiro atoms. The Balaban J connectivity index is 2.72. The Labute approximate surface area is 125 Å². The van der Waals surface area contributed by atoms with E-state index in [0.717, 1.165) is 17.1 Å². The van der Waals surface area contributed by atoms with Crippen LogP contribution in [0.2, 0.25) is 0 Å². The Morgan fingerprint density at radius 1 is 1.29 bits per heavy atom. The van der Waals surface area contributed by atoms with Crippen LogP contribution in [0.3, 0.4) is 0 Å². The van der Waals surface area contributed by atoms with Gasteiger partial charge in [0.2, 0.25) is 11.8 Å². The topological polar surface area (TPSA) is 70.5 Å². The molecule has 0 bridgehead atoms. The number of likely N-dealkylation sites (N-methyl/N-ethyl adjacent to an activating group) is 2. The van der Waals surface area contributed by atoms with Crippen LogP contribution in [0.4, 0.5) is 5.69 Å². The second kappa shape index (κ2) is 6.71. The molecule has 0 aliphatic heterocycles. The number of carbonyl (C=O) groups is 2. The van der Waals surface area contributed by atoms with E-state index in [1.165, 1.54) is 4.90 Å². The van der Waals surface area contributed by atoms with Crippen molar-refractivity contribution < 1.29 is 9.59 Å². The number of aryl methyl sites for hydroxylation is 2. The minimum atomic E-state index is -0.409. The Kier molecular flexibility index (Phi) is 5.48. The highest BCUT2D eigenvalue weighted by molar-refractivity contribution is 5.95. The number of amides is 2. The molecule has 1 aromatic rings. The van der Waals surface area contributed by atoms with E-state index in [2.05, 4.69) is 10.4 Å². The SMILES string of the molecule is Cc1nn(C)c(C)c1NC(=O)C(C)N(C)CC(=O)N(C)C. The molecule has 1 atom stereocenters. The van der Waals surface area contributed by atoms with E-state index in [0.29, 0.717) is 0 Å². The number of aromatic nitrogens is 2. The van der Waals surface area contributed by atoms with Crippen LogP contribution in [-0.4, -0.2) is 65.1 Å². The third-order valence-electron chi connectivity index (χ3n) is 3.68. The molecule has 0 saturated carbocycles. The quantitative estimate of drug-likeness (QED) is 0.853. The smallest absolute Gasteiger partial charge is 0.241 e. The first kappa shape index (κ1) is 17.2. The normalized spacial score (nSPS) is 12.4. The van der Waals surface area contributed by atoms with Crippen molar-refractivity contribution in [2.24, 2.45) is 7.05 Å². The van der Waals surface area contributed by atoms with Gasteiger partial charge in [0.15, 0.2) is 0 Å². The summed E-state index contributed by atoms with van der Waals surface area (Å²) >= 11 is 0. The van der Waals surface area contributed by atoms with Crippen molar-refractivity contribution in [3.63, 3.8) is 0 Å². The summed E-state index contributed by atoms with van der Waals surface area (Å²) in [4.78, 5) is 27.2. The number of rotatable bonds is 5. The summed E-state index contributed by atoms with van der Waals surface area (Å²) < 4.78 is 1.73. The number of hydrogen-bond donors (Lipinski definition) is 1. The summed E-state index contributed by atoms with van der Waals surface area (Å²) in [6.45, 7) is 5.73. The third-order valence-corrected chi connectivity index (χ3v) is 3.68. The van der Waals surface area contributed by atoms with Crippen molar-refractivity contribution in [1.29, 1.82) is 0 Å². The summed E-state index contributed by atoms with van der Waals surface area (Å²) in [7, 11) is 6.99. The van der Waals surface area contributed by atoms with E-state index in [-0.39, 0.29) is 18.4 Å². The maximum absolute atomic E-state index is 12.3. The molecular weight excluding hydrogens is 270 g/mol. The lowest BCUT2D eigenvalue weighted by Crippen LogP contribution is -2.44. The highest BCUT2D eigenvalue weighted by atomic mass is 16.2. The van der Waals surface area contributed by atoms with E-state index in [1.54, 1.807) is 37.6 Å². The fourth-order valence-electron chi connectivity index (χ4n) is 1.87. The van der Waals surface area contributed by atoms with Gasteiger partial charge < -0.3 is 10.2 Å². The van der Waals surface area contributed by atoms with E-state index < -0.39 is 6.04 Å². The van der Waals surface area contributed by atoms with Crippen LogP contribution >= 0.6 is 0 Å². The van der Waals surface area contributed by atoms with Crippen molar-refractivity contribution in [3.8, 4) is 0 Å². The minimum absolute atomic E-state index is 0.0362. The lowest BCUT2D eigenvalue weighted by atomic mass is 10.2. The molecule has 7 nitrogen and oxygen atoms in total. The van der Waals surface area contributed by atoms with Gasteiger partial charge >= 0.3 is 0 Å². The summed E-state index contributed by atoms with van der Waals surface area (Å²) in [6.07, 6.45) is 0. The van der Waals surface area contributed by atoms with Crippen molar-refractivity contribution in [2.75, 3.05) is 33.0 Å². The van der Waals surface area contributed by atoms with Gasteiger partial charge in [0.1, 0.15) is 0 Å². The van der Waals surface area contributed by atoms with E-state index in [1.807, 2.05) is 20.9 Å². The molecule has 0 aromatic carbocycles. The first-order valence-corrected chi connectivity index (χ1v) is 6.86. The molecule has 2 amide bonds. The highest BCUT2D eigenvalue weighted by Crippen LogP contribution is 2.18. The third kappa shape index (κ3) is 4.04. The van der Waals surface area contributed by atoms with Gasteiger partial charge in [-0.15, -0.1) is 0 Å². The van der Waals surface area contributed by atoms with Crippen LogP contribution in [0, 0.1) is 13.8 Å². The summed E-state index contributed by atoms with van der Waals surface area (Å²) in [5.74, 6) is -0.186. The fourth-order valence-corrected chi connectivity index (χ4v) is 1.87. The molecule has 118 valence electrons. The number of nitrogens with zero attached hydrogens (tertiary/aromatic N) is 4. The van der Waals surface area contributed by atoms with Crippen LogP contribution in [0.15, 0.2) is 0 Å². The number of anilines is 1. The number of hydrogen-bond acceptors (Lipinski definition) is 4. The standard InChI is InChI=1S/C14H25N5O2/c1-9-13(10(2)19(7)16-9)15-14(21)11(3)18(6)8-12(20)17(4)5/h11H,8H2,1-7H3,(H,15,21). The molecule has 1 heterocycles. The zero-order chi connectivity index (χ0) is 16.3. The lowest BCUT2D eigenvalue weighted by Gasteiger charge is -2.24. The first-order valence-electron chi connectivity index (χ1n) is 6.86. The van der Waals surface area contributed by atoms with Gasteiger partial charge in [-0.1, -0.05) is 0 Å². The van der Waals surface area contributed by atoms with Crippen molar-refractivity contribution in [1.82, 2.24) is 19.6 Å². The fraction of sp³-hybridized carbons (Fsp3) is 0.643. The number of carbonyl (C=O) groups excluding carboxylic acids is 2. The first-order chi connectivity index (χ1) is 9.65. The molecule has 1 N–H and O–H groups in total. The zero-order valence-electron chi connectivity index (χ0n) is 13.9. The van der Waals surface area contributed by atoms with Gasteiger partial charge in [-0.25, -0.2) is 0 Å². The Hall–Kier alpha value is -1.89. The Morgan fingerprint density at radius 2 is 1.86 bits per heavy atom. The predicted molar refractivity (Wildman–Crippen MR) is 82.1 cm³/mol. The van der Waals surface area contributed by atoms with Crippen LogP contribution in [0.5, 0.6) is 0 Å². The highest BCUT2D eigenvalue weighted by Gasteiger charge is 2.22. The molecule has 1 rings (SSSR count). The molecule has 0 radical (unpaired) electrons.